The van der Waals surface area contributed by atoms with Crippen LogP contribution in [0.5, 0.6) is 0 Å². The van der Waals surface area contributed by atoms with Gasteiger partial charge in [0.1, 0.15) is 12.4 Å². The normalized spacial score (nSPS) is 11.5. The summed E-state index contributed by atoms with van der Waals surface area (Å²) in [6.07, 6.45) is 1.26. The molecule has 3 aromatic carbocycles. The number of hydrazone groups is 1. The molecule has 31 heavy (non-hydrogen) atoms. The number of carbonyl (C=O) groups is 1. The van der Waals surface area contributed by atoms with E-state index in [1.54, 1.807) is 36.4 Å². The number of rotatable bonds is 7. The van der Waals surface area contributed by atoms with E-state index in [1.807, 2.05) is 0 Å². The third-order valence-corrected chi connectivity index (χ3v) is 6.56. The second kappa shape index (κ2) is 9.91. The van der Waals surface area contributed by atoms with Gasteiger partial charge in [-0.2, -0.15) is 5.10 Å². The first-order valence-electron chi connectivity index (χ1n) is 8.88. The molecule has 0 heterocycles. The Morgan fingerprint density at radius 2 is 1.58 bits per heavy atom. The van der Waals surface area contributed by atoms with Crippen molar-refractivity contribution in [3.05, 3.63) is 94.2 Å². The maximum absolute atomic E-state index is 13.3. The fraction of sp³-hybridized carbons (Fsp3) is 0.0476. The minimum atomic E-state index is -4.10. The lowest BCUT2D eigenvalue weighted by Gasteiger charge is -2.23. The van der Waals surface area contributed by atoms with Crippen molar-refractivity contribution in [3.63, 3.8) is 0 Å². The Morgan fingerprint density at radius 1 is 0.968 bits per heavy atom. The summed E-state index contributed by atoms with van der Waals surface area (Å²) in [5, 5.41) is 4.48. The quantitative estimate of drug-likeness (QED) is 0.400. The Morgan fingerprint density at radius 3 is 2.19 bits per heavy atom. The predicted octanol–water partition coefficient (Wildman–Crippen LogP) is 4.48. The van der Waals surface area contributed by atoms with Crippen LogP contribution in [0.4, 0.5) is 10.1 Å². The molecule has 1 amide bonds. The number of amides is 1. The first-order valence-corrected chi connectivity index (χ1v) is 11.1. The average Bonchev–Trinajstić information content (AvgIpc) is 2.75. The summed E-state index contributed by atoms with van der Waals surface area (Å²) in [4.78, 5) is 12.4. The summed E-state index contributed by atoms with van der Waals surface area (Å²) in [5.74, 6) is -1.25. The number of halogens is 3. The maximum Gasteiger partial charge on any atom is 0.264 e. The Hall–Kier alpha value is -2.94. The van der Waals surface area contributed by atoms with Gasteiger partial charge in [0, 0.05) is 5.56 Å². The van der Waals surface area contributed by atoms with Gasteiger partial charge in [0.2, 0.25) is 0 Å². The van der Waals surface area contributed by atoms with Crippen LogP contribution in [0.15, 0.2) is 82.8 Å². The fourth-order valence-corrected chi connectivity index (χ4v) is 4.55. The largest absolute Gasteiger partial charge is 0.271 e. The molecule has 0 fully saturated rings. The molecule has 1 N–H and O–H groups in total. The highest BCUT2D eigenvalue weighted by atomic mass is 35.5. The van der Waals surface area contributed by atoms with Crippen LogP contribution >= 0.6 is 23.2 Å². The van der Waals surface area contributed by atoms with Crippen molar-refractivity contribution < 1.29 is 17.6 Å². The average molecular weight is 480 g/mol. The Bertz CT molecular complexity index is 1180. The number of nitrogens with zero attached hydrogens (tertiary/aromatic N) is 2. The van der Waals surface area contributed by atoms with E-state index in [2.05, 4.69) is 10.5 Å². The van der Waals surface area contributed by atoms with Crippen molar-refractivity contribution in [2.45, 2.75) is 4.90 Å². The van der Waals surface area contributed by atoms with E-state index in [0.717, 1.165) is 16.4 Å². The molecule has 0 aliphatic rings. The van der Waals surface area contributed by atoms with E-state index >= 15 is 0 Å². The summed E-state index contributed by atoms with van der Waals surface area (Å²) < 4.78 is 40.4. The molecule has 0 aliphatic carbocycles. The summed E-state index contributed by atoms with van der Waals surface area (Å²) >= 11 is 12.1. The topological polar surface area (TPSA) is 78.8 Å². The molecule has 3 aromatic rings. The predicted molar refractivity (Wildman–Crippen MR) is 120 cm³/mol. The highest BCUT2D eigenvalue weighted by Crippen LogP contribution is 2.24. The van der Waals surface area contributed by atoms with Crippen LogP contribution in [-0.2, 0) is 14.8 Å². The Labute approximate surface area is 189 Å². The van der Waals surface area contributed by atoms with E-state index < -0.39 is 28.3 Å². The lowest BCUT2D eigenvalue weighted by atomic mass is 10.2. The van der Waals surface area contributed by atoms with Crippen molar-refractivity contribution in [1.82, 2.24) is 5.43 Å². The fourth-order valence-electron chi connectivity index (χ4n) is 2.61. The number of benzene rings is 3. The van der Waals surface area contributed by atoms with Gasteiger partial charge in [-0.3, -0.25) is 9.10 Å². The van der Waals surface area contributed by atoms with Crippen molar-refractivity contribution >= 4 is 51.0 Å². The molecule has 0 radical (unpaired) electrons. The van der Waals surface area contributed by atoms with Gasteiger partial charge < -0.3 is 0 Å². The molecule has 0 bridgehead atoms. The smallest absolute Gasteiger partial charge is 0.264 e. The highest BCUT2D eigenvalue weighted by Gasteiger charge is 2.27. The zero-order valence-electron chi connectivity index (χ0n) is 15.9. The van der Waals surface area contributed by atoms with Gasteiger partial charge in [0.05, 0.1) is 26.8 Å². The zero-order chi connectivity index (χ0) is 22.4. The molecule has 0 aliphatic heterocycles. The van der Waals surface area contributed by atoms with Crippen molar-refractivity contribution in [3.8, 4) is 0 Å². The van der Waals surface area contributed by atoms with Crippen LogP contribution in [0, 0.1) is 5.82 Å². The molecular weight excluding hydrogens is 464 g/mol. The van der Waals surface area contributed by atoms with Crippen LogP contribution in [0.3, 0.4) is 0 Å². The molecule has 6 nitrogen and oxygen atoms in total. The van der Waals surface area contributed by atoms with Crippen LogP contribution in [0.1, 0.15) is 5.56 Å². The van der Waals surface area contributed by atoms with E-state index in [-0.39, 0.29) is 10.6 Å². The summed E-state index contributed by atoms with van der Waals surface area (Å²) in [6, 6.07) is 17.3. The van der Waals surface area contributed by atoms with Gasteiger partial charge in [-0.1, -0.05) is 47.5 Å². The van der Waals surface area contributed by atoms with E-state index in [0.29, 0.717) is 15.6 Å². The maximum atomic E-state index is 13.3. The summed E-state index contributed by atoms with van der Waals surface area (Å²) in [6.45, 7) is -0.587. The number of hydrogen-bond donors (Lipinski definition) is 1. The lowest BCUT2D eigenvalue weighted by molar-refractivity contribution is -0.119. The van der Waals surface area contributed by atoms with Crippen molar-refractivity contribution in [2.75, 3.05) is 10.8 Å². The van der Waals surface area contributed by atoms with Gasteiger partial charge in [-0.15, -0.1) is 0 Å². The highest BCUT2D eigenvalue weighted by molar-refractivity contribution is 7.92. The molecule has 0 spiro atoms. The van der Waals surface area contributed by atoms with Gasteiger partial charge in [0.15, 0.2) is 0 Å². The van der Waals surface area contributed by atoms with E-state index in [9.17, 15) is 17.6 Å². The molecular formula is C21H16Cl2FN3O3S. The molecule has 0 unspecified atom stereocenters. The number of sulfonamides is 1. The second-order valence-corrected chi connectivity index (χ2v) is 8.91. The Balaban J connectivity index is 1.84. The van der Waals surface area contributed by atoms with E-state index in [4.69, 9.17) is 23.2 Å². The zero-order valence-corrected chi connectivity index (χ0v) is 18.2. The third-order valence-electron chi connectivity index (χ3n) is 4.12. The number of anilines is 1. The second-order valence-electron chi connectivity index (χ2n) is 6.23. The minimum Gasteiger partial charge on any atom is -0.271 e. The van der Waals surface area contributed by atoms with Crippen LogP contribution < -0.4 is 9.73 Å². The molecule has 0 saturated heterocycles. The third kappa shape index (κ3) is 5.61. The molecule has 0 atom stereocenters. The first-order chi connectivity index (χ1) is 14.8. The minimum absolute atomic E-state index is 0.0153. The molecule has 10 heteroatoms. The van der Waals surface area contributed by atoms with Crippen molar-refractivity contribution in [2.24, 2.45) is 5.10 Å². The van der Waals surface area contributed by atoms with E-state index in [1.165, 1.54) is 30.5 Å². The van der Waals surface area contributed by atoms with Gasteiger partial charge in [-0.05, 0) is 48.5 Å². The van der Waals surface area contributed by atoms with Crippen LogP contribution in [-0.4, -0.2) is 27.1 Å². The van der Waals surface area contributed by atoms with Crippen LogP contribution in [0.2, 0.25) is 10.0 Å². The number of carbonyl (C=O) groups excluding carboxylic acids is 1. The monoisotopic (exact) mass is 479 g/mol. The molecule has 160 valence electrons. The number of hydrogen-bond acceptors (Lipinski definition) is 4. The van der Waals surface area contributed by atoms with Crippen LogP contribution in [0.25, 0.3) is 0 Å². The summed E-state index contributed by atoms with van der Waals surface area (Å²) in [7, 11) is -4.10. The van der Waals surface area contributed by atoms with Gasteiger partial charge >= 0.3 is 0 Å². The lowest BCUT2D eigenvalue weighted by Crippen LogP contribution is -2.39. The summed E-state index contributed by atoms with van der Waals surface area (Å²) in [5.41, 5.74) is 2.78. The standard InChI is InChI=1S/C21H16Cl2FN3O3S/c22-19-7-4-8-20(23)18(19)13-25-26-21(28)14-27(16-11-9-15(24)10-12-16)31(29,30)17-5-2-1-3-6-17/h1-13H,14H2,(H,26,28)/b25-13-. The first kappa shape index (κ1) is 22.7. The van der Waals surface area contributed by atoms with Gasteiger partial charge in [-0.25, -0.2) is 18.2 Å². The van der Waals surface area contributed by atoms with Crippen molar-refractivity contribution in [1.29, 1.82) is 0 Å². The number of nitrogens with one attached hydrogen (secondary N) is 1. The SMILES string of the molecule is O=C(CN(c1ccc(F)cc1)S(=O)(=O)c1ccccc1)N/N=C\c1c(Cl)cccc1Cl. The molecule has 3 rings (SSSR count). The molecule has 0 saturated carbocycles. The van der Waals surface area contributed by atoms with Gasteiger partial charge in [0.25, 0.3) is 15.9 Å². The Kier molecular flexibility index (Phi) is 7.27. The molecule has 0 aromatic heterocycles.